The second-order valence-corrected chi connectivity index (χ2v) is 4.20. The molecule has 0 fully saturated rings. The van der Waals surface area contributed by atoms with Gasteiger partial charge in [0, 0.05) is 13.5 Å². The average molecular weight is 190 g/mol. The first-order valence-electron chi connectivity index (χ1n) is 5.41. The van der Waals surface area contributed by atoms with Crippen LogP contribution in [0.15, 0.2) is 18.2 Å². The third kappa shape index (κ3) is 1.46. The Hall–Kier alpha value is -0.820. The molecule has 1 heteroatoms. The highest BCUT2D eigenvalue weighted by atomic mass is 16.5. The molecule has 2 rings (SSSR count). The van der Waals surface area contributed by atoms with Gasteiger partial charge in [0.15, 0.2) is 0 Å². The van der Waals surface area contributed by atoms with E-state index < -0.39 is 0 Å². The van der Waals surface area contributed by atoms with Crippen LogP contribution in [0.4, 0.5) is 0 Å². The maximum atomic E-state index is 5.38. The number of benzene rings is 1. The summed E-state index contributed by atoms with van der Waals surface area (Å²) < 4.78 is 5.38. The lowest BCUT2D eigenvalue weighted by Crippen LogP contribution is -2.19. The minimum absolute atomic E-state index is 0.356. The van der Waals surface area contributed by atoms with Crippen molar-refractivity contribution in [2.24, 2.45) is 0 Å². The summed E-state index contributed by atoms with van der Waals surface area (Å²) in [4.78, 5) is 0. The number of ether oxygens (including phenoxy) is 1. The third-order valence-corrected chi connectivity index (χ3v) is 3.39. The van der Waals surface area contributed by atoms with Crippen LogP contribution in [-0.4, -0.2) is 7.11 Å². The Balaban J connectivity index is 2.26. The van der Waals surface area contributed by atoms with Gasteiger partial charge in [-0.25, -0.2) is 0 Å². The van der Waals surface area contributed by atoms with E-state index in [9.17, 15) is 0 Å². The van der Waals surface area contributed by atoms with Crippen molar-refractivity contribution in [1.82, 2.24) is 0 Å². The van der Waals surface area contributed by atoms with Gasteiger partial charge in [-0.05, 0) is 29.0 Å². The highest BCUT2D eigenvalue weighted by molar-refractivity contribution is 5.42. The minimum atomic E-state index is 0.356. The van der Waals surface area contributed by atoms with Gasteiger partial charge in [0.1, 0.15) is 0 Å². The van der Waals surface area contributed by atoms with Crippen molar-refractivity contribution in [3.05, 3.63) is 34.9 Å². The van der Waals surface area contributed by atoms with E-state index in [1.807, 2.05) is 0 Å². The van der Waals surface area contributed by atoms with Crippen molar-refractivity contribution in [3.8, 4) is 0 Å². The van der Waals surface area contributed by atoms with Crippen LogP contribution in [0.25, 0.3) is 0 Å². The molecule has 76 valence electrons. The van der Waals surface area contributed by atoms with E-state index in [0.29, 0.717) is 12.0 Å². The van der Waals surface area contributed by atoms with Crippen LogP contribution in [0.5, 0.6) is 0 Å². The van der Waals surface area contributed by atoms with Crippen molar-refractivity contribution in [3.63, 3.8) is 0 Å². The SMILES string of the molecule is CCC(C)c1ccc2c(c1)C(OC)C2. The van der Waals surface area contributed by atoms with Gasteiger partial charge in [-0.1, -0.05) is 32.0 Å². The van der Waals surface area contributed by atoms with Crippen molar-refractivity contribution in [1.29, 1.82) is 0 Å². The largest absolute Gasteiger partial charge is 0.376 e. The van der Waals surface area contributed by atoms with Gasteiger partial charge in [-0.15, -0.1) is 0 Å². The molecule has 0 spiro atoms. The predicted molar refractivity (Wildman–Crippen MR) is 58.6 cm³/mol. The third-order valence-electron chi connectivity index (χ3n) is 3.39. The number of hydrogen-bond acceptors (Lipinski definition) is 1. The molecule has 2 unspecified atom stereocenters. The highest BCUT2D eigenvalue weighted by Gasteiger charge is 2.26. The second-order valence-electron chi connectivity index (χ2n) is 4.20. The quantitative estimate of drug-likeness (QED) is 0.709. The molecule has 0 saturated heterocycles. The molecule has 0 N–H and O–H groups in total. The standard InChI is InChI=1S/C13H18O/c1-4-9(2)10-5-6-11-8-13(14-3)12(11)7-10/h5-7,9,13H,4,8H2,1-3H3. The van der Waals surface area contributed by atoms with Gasteiger partial charge in [-0.3, -0.25) is 0 Å². The molecule has 0 aromatic heterocycles. The van der Waals surface area contributed by atoms with Gasteiger partial charge >= 0.3 is 0 Å². The summed E-state index contributed by atoms with van der Waals surface area (Å²) in [7, 11) is 1.80. The van der Waals surface area contributed by atoms with Crippen LogP contribution >= 0.6 is 0 Å². The molecule has 14 heavy (non-hydrogen) atoms. The van der Waals surface area contributed by atoms with Gasteiger partial charge in [0.25, 0.3) is 0 Å². The number of fused-ring (bicyclic) bond motifs is 1. The Morgan fingerprint density at radius 2 is 2.29 bits per heavy atom. The Kier molecular flexibility index (Phi) is 2.60. The monoisotopic (exact) mass is 190 g/mol. The van der Waals surface area contributed by atoms with Gasteiger partial charge in [0.05, 0.1) is 6.10 Å². The molecule has 0 heterocycles. The Labute approximate surface area is 86.1 Å². The molecule has 1 aliphatic carbocycles. The van der Waals surface area contributed by atoms with Gasteiger partial charge < -0.3 is 4.74 Å². The maximum Gasteiger partial charge on any atom is 0.0864 e. The highest BCUT2D eigenvalue weighted by Crippen LogP contribution is 2.37. The van der Waals surface area contributed by atoms with Crippen LogP contribution < -0.4 is 0 Å². The fourth-order valence-corrected chi connectivity index (χ4v) is 2.03. The normalized spacial score (nSPS) is 21.2. The summed E-state index contributed by atoms with van der Waals surface area (Å²) in [5.74, 6) is 0.665. The first kappa shape index (κ1) is 9.72. The first-order valence-corrected chi connectivity index (χ1v) is 5.41. The van der Waals surface area contributed by atoms with Crippen LogP contribution in [0, 0.1) is 0 Å². The van der Waals surface area contributed by atoms with Crippen molar-refractivity contribution < 1.29 is 4.74 Å². The zero-order valence-corrected chi connectivity index (χ0v) is 9.21. The topological polar surface area (TPSA) is 9.23 Å². The van der Waals surface area contributed by atoms with Crippen LogP contribution in [0.2, 0.25) is 0 Å². The van der Waals surface area contributed by atoms with E-state index in [2.05, 4.69) is 32.0 Å². The first-order chi connectivity index (χ1) is 6.76. The molecule has 1 aromatic carbocycles. The Bertz CT molecular complexity index is 330. The summed E-state index contributed by atoms with van der Waals surface area (Å²) in [5.41, 5.74) is 4.32. The predicted octanol–water partition coefficient (Wildman–Crippen LogP) is 3.44. The number of rotatable bonds is 3. The smallest absolute Gasteiger partial charge is 0.0864 e. The fraction of sp³-hybridized carbons (Fsp3) is 0.538. The Morgan fingerprint density at radius 3 is 2.93 bits per heavy atom. The fourth-order valence-electron chi connectivity index (χ4n) is 2.03. The molecule has 0 aliphatic heterocycles. The molecular formula is C13H18O. The van der Waals surface area contributed by atoms with Crippen molar-refractivity contribution in [2.75, 3.05) is 7.11 Å². The van der Waals surface area contributed by atoms with Crippen molar-refractivity contribution in [2.45, 2.75) is 38.7 Å². The lowest BCUT2D eigenvalue weighted by Gasteiger charge is -2.30. The van der Waals surface area contributed by atoms with E-state index in [-0.39, 0.29) is 0 Å². The molecule has 0 bridgehead atoms. The van der Waals surface area contributed by atoms with E-state index in [0.717, 1.165) is 6.42 Å². The van der Waals surface area contributed by atoms with Crippen molar-refractivity contribution >= 4 is 0 Å². The zero-order chi connectivity index (χ0) is 10.1. The van der Waals surface area contributed by atoms with Gasteiger partial charge in [0.2, 0.25) is 0 Å². The summed E-state index contributed by atoms with van der Waals surface area (Å²) >= 11 is 0. The van der Waals surface area contributed by atoms with Crippen LogP contribution in [0.3, 0.4) is 0 Å². The van der Waals surface area contributed by atoms with E-state index >= 15 is 0 Å². The van der Waals surface area contributed by atoms with E-state index in [1.165, 1.54) is 23.1 Å². The van der Waals surface area contributed by atoms with Crippen LogP contribution in [-0.2, 0) is 11.2 Å². The molecule has 1 aliphatic rings. The summed E-state index contributed by atoms with van der Waals surface area (Å²) in [5, 5.41) is 0. The molecule has 0 saturated carbocycles. The number of hydrogen-bond donors (Lipinski definition) is 0. The molecular weight excluding hydrogens is 172 g/mol. The van der Waals surface area contributed by atoms with Gasteiger partial charge in [-0.2, -0.15) is 0 Å². The molecule has 0 radical (unpaired) electrons. The molecule has 1 aromatic rings. The lowest BCUT2D eigenvalue weighted by atomic mass is 9.82. The molecule has 0 amide bonds. The maximum absolute atomic E-state index is 5.38. The Morgan fingerprint density at radius 1 is 1.50 bits per heavy atom. The lowest BCUT2D eigenvalue weighted by molar-refractivity contribution is 0.0843. The van der Waals surface area contributed by atoms with E-state index in [1.54, 1.807) is 7.11 Å². The zero-order valence-electron chi connectivity index (χ0n) is 9.21. The van der Waals surface area contributed by atoms with E-state index in [4.69, 9.17) is 4.74 Å². The second kappa shape index (κ2) is 3.74. The minimum Gasteiger partial charge on any atom is -0.376 e. The summed E-state index contributed by atoms with van der Waals surface area (Å²) in [6, 6.07) is 6.84. The molecule has 2 atom stereocenters. The molecule has 1 nitrogen and oxygen atoms in total. The summed E-state index contributed by atoms with van der Waals surface area (Å²) in [6.45, 7) is 4.51. The van der Waals surface area contributed by atoms with Crippen LogP contribution in [0.1, 0.15) is 49.0 Å². The summed E-state index contributed by atoms with van der Waals surface area (Å²) in [6.07, 6.45) is 2.65. The average Bonchev–Trinajstić information content (AvgIpc) is 2.19. The number of methoxy groups -OCH3 is 1.